The summed E-state index contributed by atoms with van der Waals surface area (Å²) in [7, 11) is -3.37. The summed E-state index contributed by atoms with van der Waals surface area (Å²) in [6.07, 6.45) is 6.73. The van der Waals surface area contributed by atoms with Gasteiger partial charge in [0.05, 0.1) is 12.4 Å². The van der Waals surface area contributed by atoms with E-state index in [1.54, 1.807) is 0 Å². The van der Waals surface area contributed by atoms with Crippen LogP contribution in [0.25, 0.3) is 0 Å². The largest absolute Gasteiger partial charge is 0.444 e. The molecule has 1 saturated heterocycles. The molecule has 2 aliphatic carbocycles. The Hall–Kier alpha value is -0.820. The van der Waals surface area contributed by atoms with Crippen LogP contribution in [0.15, 0.2) is 0 Å². The zero-order valence-corrected chi connectivity index (χ0v) is 17.5. The van der Waals surface area contributed by atoms with Gasteiger partial charge in [-0.25, -0.2) is 4.79 Å². The van der Waals surface area contributed by atoms with E-state index < -0.39 is 15.7 Å². The van der Waals surface area contributed by atoms with E-state index in [4.69, 9.17) is 8.92 Å². The van der Waals surface area contributed by atoms with Crippen LogP contribution >= 0.6 is 0 Å². The van der Waals surface area contributed by atoms with E-state index in [0.717, 1.165) is 51.3 Å². The van der Waals surface area contributed by atoms with E-state index in [1.165, 1.54) is 0 Å². The highest BCUT2D eigenvalue weighted by molar-refractivity contribution is 7.86. The zero-order chi connectivity index (χ0) is 19.3. The summed E-state index contributed by atoms with van der Waals surface area (Å²) in [5.41, 5.74) is -0.240. The van der Waals surface area contributed by atoms with Crippen molar-refractivity contribution in [2.75, 3.05) is 12.8 Å². The molecule has 0 unspecified atom stereocenters. The van der Waals surface area contributed by atoms with E-state index in [0.29, 0.717) is 11.8 Å². The van der Waals surface area contributed by atoms with Crippen molar-refractivity contribution in [3.05, 3.63) is 0 Å². The fourth-order valence-electron chi connectivity index (χ4n) is 5.07. The lowest BCUT2D eigenvalue weighted by molar-refractivity contribution is -0.123. The lowest BCUT2D eigenvalue weighted by atomic mass is 9.49. The minimum absolute atomic E-state index is 0.153. The molecule has 2 saturated carbocycles. The smallest absolute Gasteiger partial charge is 0.410 e. The van der Waals surface area contributed by atoms with Crippen LogP contribution < -0.4 is 0 Å². The van der Waals surface area contributed by atoms with E-state index in [-0.39, 0.29) is 23.7 Å². The maximum Gasteiger partial charge on any atom is 0.410 e. The summed E-state index contributed by atoms with van der Waals surface area (Å²) in [6, 6.07) is 0.251. The molecule has 3 fully saturated rings. The average Bonchev–Trinajstić information content (AvgIpc) is 2.37. The highest BCUT2D eigenvalue weighted by Gasteiger charge is 2.57. The van der Waals surface area contributed by atoms with Crippen LogP contribution in [0.1, 0.15) is 66.2 Å². The summed E-state index contributed by atoms with van der Waals surface area (Å²) >= 11 is 0. The maximum atomic E-state index is 12.7. The summed E-state index contributed by atoms with van der Waals surface area (Å²) in [4.78, 5) is 14.6. The minimum atomic E-state index is -3.37. The zero-order valence-electron chi connectivity index (χ0n) is 16.7. The second kappa shape index (κ2) is 6.66. The van der Waals surface area contributed by atoms with Crippen molar-refractivity contribution in [2.24, 2.45) is 17.3 Å². The Morgan fingerprint density at radius 2 is 1.73 bits per heavy atom. The molecule has 3 aliphatic rings. The van der Waals surface area contributed by atoms with Crippen molar-refractivity contribution < 1.29 is 22.1 Å². The first-order chi connectivity index (χ1) is 11.9. The first-order valence-electron chi connectivity index (χ1n) is 9.74. The molecule has 7 heteroatoms. The molecule has 150 valence electrons. The Morgan fingerprint density at radius 3 is 2.27 bits per heavy atom. The second-order valence-electron chi connectivity index (χ2n) is 9.88. The SMILES string of the molecule is C[C@H]1CC[C@H](C2CC3(CC(OS(C)(=O)=O)C3)C2)N(C(=O)OC(C)(C)C)C1. The summed E-state index contributed by atoms with van der Waals surface area (Å²) in [6.45, 7) is 8.67. The molecule has 0 radical (unpaired) electrons. The molecular weight excluding hydrogens is 354 g/mol. The van der Waals surface area contributed by atoms with Crippen molar-refractivity contribution in [1.82, 2.24) is 4.90 Å². The van der Waals surface area contributed by atoms with E-state index >= 15 is 0 Å². The molecule has 1 amide bonds. The van der Waals surface area contributed by atoms with Gasteiger partial charge in [0, 0.05) is 12.6 Å². The van der Waals surface area contributed by atoms with E-state index in [9.17, 15) is 13.2 Å². The maximum absolute atomic E-state index is 12.7. The first-order valence-corrected chi connectivity index (χ1v) is 11.6. The highest BCUT2D eigenvalue weighted by Crippen LogP contribution is 2.61. The summed E-state index contributed by atoms with van der Waals surface area (Å²) < 4.78 is 33.2. The number of likely N-dealkylation sites (tertiary alicyclic amines) is 1. The lowest BCUT2D eigenvalue weighted by Gasteiger charge is -2.60. The van der Waals surface area contributed by atoms with Crippen LogP contribution in [0.5, 0.6) is 0 Å². The van der Waals surface area contributed by atoms with Crippen molar-refractivity contribution in [3.63, 3.8) is 0 Å². The van der Waals surface area contributed by atoms with Gasteiger partial charge in [0.1, 0.15) is 5.60 Å². The van der Waals surface area contributed by atoms with Gasteiger partial charge in [0.2, 0.25) is 0 Å². The Labute approximate surface area is 157 Å². The van der Waals surface area contributed by atoms with Gasteiger partial charge in [-0.3, -0.25) is 4.18 Å². The van der Waals surface area contributed by atoms with Crippen LogP contribution in [-0.2, 0) is 19.0 Å². The standard InChI is InChI=1S/C19H33NO5S/c1-13-6-7-16(20(12-13)17(21)24-18(2,3)4)14-8-19(9-14)10-15(11-19)25-26(5,22)23/h13-16H,6-12H2,1-5H3/t13-,14?,15?,16+,19?/m0/s1. The van der Waals surface area contributed by atoms with Crippen molar-refractivity contribution in [1.29, 1.82) is 0 Å². The molecule has 26 heavy (non-hydrogen) atoms. The minimum Gasteiger partial charge on any atom is -0.444 e. The number of piperidine rings is 1. The molecule has 1 spiro atoms. The number of amides is 1. The van der Waals surface area contributed by atoms with Crippen LogP contribution in [0.2, 0.25) is 0 Å². The van der Waals surface area contributed by atoms with Gasteiger partial charge >= 0.3 is 6.09 Å². The number of nitrogens with zero attached hydrogens (tertiary/aromatic N) is 1. The number of rotatable bonds is 3. The average molecular weight is 388 g/mol. The number of carbonyl (C=O) groups is 1. The van der Waals surface area contributed by atoms with Crippen LogP contribution in [0, 0.1) is 17.3 Å². The molecule has 1 heterocycles. The van der Waals surface area contributed by atoms with Crippen molar-refractivity contribution >= 4 is 16.2 Å². The fraction of sp³-hybridized carbons (Fsp3) is 0.947. The molecule has 6 nitrogen and oxygen atoms in total. The number of hydrogen-bond donors (Lipinski definition) is 0. The van der Waals surface area contributed by atoms with Gasteiger partial charge in [-0.2, -0.15) is 8.42 Å². The van der Waals surface area contributed by atoms with Gasteiger partial charge in [0.25, 0.3) is 10.1 Å². The predicted molar refractivity (Wildman–Crippen MR) is 99.2 cm³/mol. The highest BCUT2D eigenvalue weighted by atomic mass is 32.2. The van der Waals surface area contributed by atoms with Gasteiger partial charge in [-0.1, -0.05) is 6.92 Å². The molecular formula is C19H33NO5S. The van der Waals surface area contributed by atoms with Gasteiger partial charge in [0.15, 0.2) is 0 Å². The van der Waals surface area contributed by atoms with Gasteiger partial charge in [-0.15, -0.1) is 0 Å². The predicted octanol–water partition coefficient (Wildman–Crippen LogP) is 3.56. The third kappa shape index (κ3) is 4.53. The normalized spacial score (nSPS) is 37.8. The Kier molecular flexibility index (Phi) is 5.10. The van der Waals surface area contributed by atoms with Crippen molar-refractivity contribution in [2.45, 2.75) is 84.0 Å². The molecule has 3 rings (SSSR count). The third-order valence-electron chi connectivity index (χ3n) is 6.06. The molecule has 0 aromatic rings. The quantitative estimate of drug-likeness (QED) is 0.692. The second-order valence-corrected chi connectivity index (χ2v) is 11.5. The fourth-order valence-corrected chi connectivity index (χ4v) is 5.70. The first kappa shape index (κ1) is 19.9. The number of ether oxygens (including phenoxy) is 1. The summed E-state index contributed by atoms with van der Waals surface area (Å²) in [5.74, 6) is 0.998. The molecule has 0 aromatic heterocycles. The molecule has 0 bridgehead atoms. The Bertz CT molecular complexity index is 639. The monoisotopic (exact) mass is 387 g/mol. The third-order valence-corrected chi connectivity index (χ3v) is 6.68. The molecule has 1 aliphatic heterocycles. The van der Waals surface area contributed by atoms with Gasteiger partial charge < -0.3 is 9.64 Å². The Morgan fingerprint density at radius 1 is 1.12 bits per heavy atom. The van der Waals surface area contributed by atoms with Crippen LogP contribution in [0.3, 0.4) is 0 Å². The summed E-state index contributed by atoms with van der Waals surface area (Å²) in [5, 5.41) is 0. The van der Waals surface area contributed by atoms with E-state index in [2.05, 4.69) is 6.92 Å². The topological polar surface area (TPSA) is 72.9 Å². The lowest BCUT2D eigenvalue weighted by Crippen LogP contribution is -2.59. The molecule has 0 N–H and O–H groups in total. The van der Waals surface area contributed by atoms with Crippen molar-refractivity contribution in [3.8, 4) is 0 Å². The number of carbonyl (C=O) groups excluding carboxylic acids is 1. The van der Waals surface area contributed by atoms with Crippen LogP contribution in [0.4, 0.5) is 4.79 Å². The van der Waals surface area contributed by atoms with Gasteiger partial charge in [-0.05, 0) is 76.5 Å². The van der Waals surface area contributed by atoms with E-state index in [1.807, 2.05) is 25.7 Å². The molecule has 0 aromatic carbocycles. The molecule has 2 atom stereocenters. The Balaban J connectivity index is 1.56. The van der Waals surface area contributed by atoms with Crippen LogP contribution in [-0.4, -0.2) is 50.0 Å². The number of hydrogen-bond acceptors (Lipinski definition) is 5.